The molecule has 1 aromatic rings. The minimum atomic E-state index is -1.24. The molecule has 6 nitrogen and oxygen atoms in total. The first kappa shape index (κ1) is 12.0. The van der Waals surface area contributed by atoms with E-state index in [1.165, 1.54) is 0 Å². The summed E-state index contributed by atoms with van der Waals surface area (Å²) in [6, 6.07) is 5.63. The molecule has 2 amide bonds. The first-order valence-electron chi connectivity index (χ1n) is 4.61. The summed E-state index contributed by atoms with van der Waals surface area (Å²) in [6.07, 6.45) is 0. The summed E-state index contributed by atoms with van der Waals surface area (Å²) in [5.41, 5.74) is 11.2. The Labute approximate surface area is 92.2 Å². The highest BCUT2D eigenvalue weighted by Gasteiger charge is 2.27. The highest BCUT2D eigenvalue weighted by molar-refractivity contribution is 5.82. The van der Waals surface area contributed by atoms with Crippen LogP contribution in [0.2, 0.25) is 0 Å². The Morgan fingerprint density at radius 3 is 2.25 bits per heavy atom. The van der Waals surface area contributed by atoms with Gasteiger partial charge in [-0.1, -0.05) is 30.3 Å². The fourth-order valence-electron chi connectivity index (χ4n) is 1.33. The lowest BCUT2D eigenvalue weighted by Crippen LogP contribution is -2.49. The van der Waals surface area contributed by atoms with Gasteiger partial charge in [-0.05, 0) is 5.56 Å². The molecule has 0 aliphatic heterocycles. The highest BCUT2D eigenvalue weighted by Crippen LogP contribution is 2.13. The lowest BCUT2D eigenvalue weighted by Gasteiger charge is -2.20. The van der Waals surface area contributed by atoms with Gasteiger partial charge in [0.2, 0.25) is 0 Å². The molecule has 0 aliphatic rings. The van der Waals surface area contributed by atoms with E-state index in [0.29, 0.717) is 5.56 Å². The van der Waals surface area contributed by atoms with Gasteiger partial charge in [-0.25, -0.2) is 9.59 Å². The highest BCUT2D eigenvalue weighted by atomic mass is 16.4. The first-order chi connectivity index (χ1) is 7.52. The fraction of sp³-hybridized carbons (Fsp3) is 0.200. The molecular weight excluding hydrogens is 210 g/mol. The summed E-state index contributed by atoms with van der Waals surface area (Å²) in [5, 5.41) is 11.0. The second-order valence-electron chi connectivity index (χ2n) is 3.26. The van der Waals surface area contributed by atoms with E-state index in [0.717, 1.165) is 0 Å². The van der Waals surface area contributed by atoms with Gasteiger partial charge in [0.15, 0.2) is 0 Å². The van der Waals surface area contributed by atoms with Crippen molar-refractivity contribution >= 4 is 12.0 Å². The van der Waals surface area contributed by atoms with E-state index in [9.17, 15) is 9.59 Å². The Morgan fingerprint density at radius 2 is 1.81 bits per heavy atom. The molecule has 0 saturated heterocycles. The molecule has 0 aromatic heterocycles. The fourth-order valence-corrected chi connectivity index (χ4v) is 1.33. The average Bonchev–Trinajstić information content (AvgIpc) is 2.25. The SMILES string of the molecule is NC(=O)NC(C(=O)O)C(N)c1ccccc1. The van der Waals surface area contributed by atoms with Gasteiger partial charge >= 0.3 is 12.0 Å². The van der Waals surface area contributed by atoms with Crippen molar-refractivity contribution in [2.45, 2.75) is 12.1 Å². The minimum Gasteiger partial charge on any atom is -0.480 e. The minimum absolute atomic E-state index is 0.614. The molecule has 1 aromatic carbocycles. The molecule has 2 unspecified atom stereocenters. The molecule has 0 saturated carbocycles. The average molecular weight is 223 g/mol. The van der Waals surface area contributed by atoms with Crippen LogP contribution in [0.3, 0.4) is 0 Å². The smallest absolute Gasteiger partial charge is 0.328 e. The molecule has 0 radical (unpaired) electrons. The van der Waals surface area contributed by atoms with Gasteiger partial charge in [-0.2, -0.15) is 0 Å². The third-order valence-electron chi connectivity index (χ3n) is 2.11. The van der Waals surface area contributed by atoms with Gasteiger partial charge in [-0.3, -0.25) is 0 Å². The van der Waals surface area contributed by atoms with Crippen LogP contribution in [-0.2, 0) is 4.79 Å². The van der Waals surface area contributed by atoms with Crippen LogP contribution in [0.25, 0.3) is 0 Å². The molecule has 16 heavy (non-hydrogen) atoms. The summed E-state index contributed by atoms with van der Waals surface area (Å²) < 4.78 is 0. The molecule has 2 atom stereocenters. The van der Waals surface area contributed by atoms with Gasteiger partial charge in [0.05, 0.1) is 6.04 Å². The molecule has 0 fully saturated rings. The van der Waals surface area contributed by atoms with Crippen LogP contribution in [0.1, 0.15) is 11.6 Å². The number of benzene rings is 1. The number of hydrogen-bond donors (Lipinski definition) is 4. The Hall–Kier alpha value is -2.08. The predicted octanol–water partition coefficient (Wildman–Crippen LogP) is -0.192. The second-order valence-corrected chi connectivity index (χ2v) is 3.26. The van der Waals surface area contributed by atoms with Crippen molar-refractivity contribution in [3.63, 3.8) is 0 Å². The maximum Gasteiger partial charge on any atom is 0.328 e. The van der Waals surface area contributed by atoms with Crippen molar-refractivity contribution in [1.82, 2.24) is 5.32 Å². The molecule has 86 valence electrons. The number of carboxylic acids is 1. The topological polar surface area (TPSA) is 118 Å². The zero-order valence-corrected chi connectivity index (χ0v) is 8.46. The maximum absolute atomic E-state index is 10.9. The van der Waals surface area contributed by atoms with Crippen molar-refractivity contribution in [1.29, 1.82) is 0 Å². The second kappa shape index (κ2) is 5.13. The van der Waals surface area contributed by atoms with Gasteiger partial charge in [-0.15, -0.1) is 0 Å². The number of carbonyl (C=O) groups excluding carboxylic acids is 1. The van der Waals surface area contributed by atoms with E-state index in [-0.39, 0.29) is 0 Å². The van der Waals surface area contributed by atoms with Gasteiger partial charge in [0, 0.05) is 0 Å². The summed E-state index contributed by atoms with van der Waals surface area (Å²) in [7, 11) is 0. The van der Waals surface area contributed by atoms with Crippen molar-refractivity contribution < 1.29 is 14.7 Å². The van der Waals surface area contributed by atoms with Crippen LogP contribution in [0.4, 0.5) is 4.79 Å². The standard InChI is InChI=1S/C10H13N3O3/c11-7(6-4-2-1-3-5-6)8(9(14)15)13-10(12)16/h1-5,7-8H,11H2,(H,14,15)(H3,12,13,16). The van der Waals surface area contributed by atoms with E-state index in [1.807, 2.05) is 0 Å². The molecule has 0 bridgehead atoms. The number of amides is 2. The van der Waals surface area contributed by atoms with Crippen LogP contribution < -0.4 is 16.8 Å². The number of carboxylic acid groups (broad SMARTS) is 1. The van der Waals surface area contributed by atoms with Crippen LogP contribution >= 0.6 is 0 Å². The lowest BCUT2D eigenvalue weighted by atomic mass is 10.0. The Morgan fingerprint density at radius 1 is 1.25 bits per heavy atom. The third-order valence-corrected chi connectivity index (χ3v) is 2.11. The zero-order chi connectivity index (χ0) is 12.1. The van der Waals surface area contributed by atoms with Crippen molar-refractivity contribution in [2.75, 3.05) is 0 Å². The van der Waals surface area contributed by atoms with Gasteiger partial charge < -0.3 is 21.9 Å². The summed E-state index contributed by atoms with van der Waals surface area (Å²) in [5.74, 6) is -1.23. The Bertz CT molecular complexity index is 380. The third kappa shape index (κ3) is 2.96. The van der Waals surface area contributed by atoms with Gasteiger partial charge in [0.1, 0.15) is 6.04 Å². The monoisotopic (exact) mass is 223 g/mol. The number of nitrogens with two attached hydrogens (primary N) is 2. The van der Waals surface area contributed by atoms with Gasteiger partial charge in [0.25, 0.3) is 0 Å². The molecule has 0 spiro atoms. The number of urea groups is 1. The zero-order valence-electron chi connectivity index (χ0n) is 8.46. The molecule has 0 heterocycles. The van der Waals surface area contributed by atoms with E-state index in [1.54, 1.807) is 30.3 Å². The molecule has 6 N–H and O–H groups in total. The Kier molecular flexibility index (Phi) is 3.84. The van der Waals surface area contributed by atoms with Crippen LogP contribution in [-0.4, -0.2) is 23.1 Å². The van der Waals surface area contributed by atoms with E-state index in [4.69, 9.17) is 16.6 Å². The molecule has 6 heteroatoms. The van der Waals surface area contributed by atoms with Crippen molar-refractivity contribution in [3.05, 3.63) is 35.9 Å². The number of carbonyl (C=O) groups is 2. The van der Waals surface area contributed by atoms with Crippen LogP contribution in [0.15, 0.2) is 30.3 Å². The van der Waals surface area contributed by atoms with Crippen LogP contribution in [0, 0.1) is 0 Å². The molecule has 1 rings (SSSR count). The molecular formula is C10H13N3O3. The number of hydrogen-bond acceptors (Lipinski definition) is 3. The summed E-state index contributed by atoms with van der Waals surface area (Å²) in [4.78, 5) is 21.5. The van der Waals surface area contributed by atoms with Crippen LogP contribution in [0.5, 0.6) is 0 Å². The van der Waals surface area contributed by atoms with E-state index < -0.39 is 24.1 Å². The van der Waals surface area contributed by atoms with E-state index in [2.05, 4.69) is 5.32 Å². The number of nitrogens with one attached hydrogen (secondary N) is 1. The number of primary amides is 1. The number of aliphatic carboxylic acids is 1. The number of rotatable bonds is 4. The quantitative estimate of drug-likeness (QED) is 0.565. The largest absolute Gasteiger partial charge is 0.480 e. The summed E-state index contributed by atoms with van der Waals surface area (Å²) >= 11 is 0. The van der Waals surface area contributed by atoms with E-state index >= 15 is 0 Å². The normalized spacial score (nSPS) is 13.8. The first-order valence-corrected chi connectivity index (χ1v) is 4.61. The Balaban J connectivity index is 2.87. The molecule has 0 aliphatic carbocycles. The maximum atomic E-state index is 10.9. The van der Waals surface area contributed by atoms with Crippen molar-refractivity contribution in [3.8, 4) is 0 Å². The summed E-state index contributed by atoms with van der Waals surface area (Å²) in [6.45, 7) is 0. The lowest BCUT2D eigenvalue weighted by molar-refractivity contribution is -0.139. The predicted molar refractivity (Wildman–Crippen MR) is 57.5 cm³/mol. The van der Waals surface area contributed by atoms with Crippen molar-refractivity contribution in [2.24, 2.45) is 11.5 Å².